The molecular formula is C19H23N5O2. The van der Waals surface area contributed by atoms with Crippen LogP contribution in [0, 0.1) is 5.92 Å². The van der Waals surface area contributed by atoms with E-state index in [9.17, 15) is 4.79 Å². The molecule has 1 fully saturated rings. The smallest absolute Gasteiger partial charge is 0.226 e. The zero-order valence-electron chi connectivity index (χ0n) is 15.1. The van der Waals surface area contributed by atoms with Crippen LogP contribution < -0.4 is 5.32 Å². The van der Waals surface area contributed by atoms with Crippen molar-refractivity contribution in [3.63, 3.8) is 0 Å². The lowest BCUT2D eigenvalue weighted by Crippen LogP contribution is -2.38. The van der Waals surface area contributed by atoms with Crippen LogP contribution in [-0.2, 0) is 30.2 Å². The van der Waals surface area contributed by atoms with Crippen molar-refractivity contribution in [1.82, 2.24) is 24.6 Å². The number of nitrogens with one attached hydrogen (secondary N) is 1. The van der Waals surface area contributed by atoms with E-state index < -0.39 is 0 Å². The van der Waals surface area contributed by atoms with Gasteiger partial charge in [-0.3, -0.25) is 9.48 Å². The number of fused-ring (bicyclic) bond motifs is 1. The van der Waals surface area contributed by atoms with Crippen LogP contribution in [0.15, 0.2) is 36.5 Å². The molecule has 1 N–H and O–H groups in total. The number of rotatable bonds is 4. The second-order valence-corrected chi connectivity index (χ2v) is 6.71. The standard InChI is InChI=1S/C19H23N5O2/c1-23-15-8-4-3-7-14(15)22-17(23)12-20-19(25)13-6-5-11-26-18(13)16-9-10-21-24(16)2/h3-4,7-10,13,18H,5-6,11-12H2,1-2H3,(H,20,25)/t13-,18-/m1/s1. The molecule has 0 bridgehead atoms. The molecule has 1 aromatic carbocycles. The number of carbonyl (C=O) groups is 1. The molecule has 1 aliphatic heterocycles. The van der Waals surface area contributed by atoms with Crippen LogP contribution in [0.5, 0.6) is 0 Å². The fourth-order valence-electron chi connectivity index (χ4n) is 3.66. The molecule has 4 rings (SSSR count). The maximum absolute atomic E-state index is 12.9. The van der Waals surface area contributed by atoms with Crippen LogP contribution in [0.1, 0.15) is 30.5 Å². The summed E-state index contributed by atoms with van der Waals surface area (Å²) in [6, 6.07) is 9.89. The highest BCUT2D eigenvalue weighted by Gasteiger charge is 2.34. The van der Waals surface area contributed by atoms with Crippen molar-refractivity contribution >= 4 is 16.9 Å². The molecule has 7 heteroatoms. The van der Waals surface area contributed by atoms with Gasteiger partial charge in [0.1, 0.15) is 11.9 Å². The SMILES string of the molecule is Cn1nccc1[C@@H]1OCCC[C@H]1C(=O)NCc1nc2ccccc2n1C. The van der Waals surface area contributed by atoms with Gasteiger partial charge in [-0.25, -0.2) is 4.98 Å². The minimum absolute atomic E-state index is 0.00274. The number of aromatic nitrogens is 4. The van der Waals surface area contributed by atoms with Gasteiger partial charge in [0.25, 0.3) is 0 Å². The molecule has 136 valence electrons. The fraction of sp³-hybridized carbons (Fsp3) is 0.421. The van der Waals surface area contributed by atoms with Crippen LogP contribution >= 0.6 is 0 Å². The van der Waals surface area contributed by atoms with Gasteiger partial charge in [0, 0.05) is 26.9 Å². The average molecular weight is 353 g/mol. The van der Waals surface area contributed by atoms with Gasteiger partial charge in [-0.15, -0.1) is 0 Å². The van der Waals surface area contributed by atoms with Crippen molar-refractivity contribution in [1.29, 1.82) is 0 Å². The van der Waals surface area contributed by atoms with E-state index in [1.807, 2.05) is 49.0 Å². The highest BCUT2D eigenvalue weighted by Crippen LogP contribution is 2.33. The molecule has 26 heavy (non-hydrogen) atoms. The molecular weight excluding hydrogens is 330 g/mol. The molecule has 0 aliphatic carbocycles. The third kappa shape index (κ3) is 2.99. The first kappa shape index (κ1) is 16.8. The Labute approximate surface area is 152 Å². The first-order valence-corrected chi connectivity index (χ1v) is 8.92. The maximum Gasteiger partial charge on any atom is 0.226 e. The monoisotopic (exact) mass is 353 g/mol. The Morgan fingerprint density at radius 1 is 1.31 bits per heavy atom. The zero-order chi connectivity index (χ0) is 18.1. The summed E-state index contributed by atoms with van der Waals surface area (Å²) in [5, 5.41) is 7.26. The number of amides is 1. The fourth-order valence-corrected chi connectivity index (χ4v) is 3.66. The minimum Gasteiger partial charge on any atom is -0.371 e. The van der Waals surface area contributed by atoms with Crippen molar-refractivity contribution < 1.29 is 9.53 Å². The number of ether oxygens (including phenoxy) is 1. The quantitative estimate of drug-likeness (QED) is 0.779. The highest BCUT2D eigenvalue weighted by molar-refractivity contribution is 5.80. The van der Waals surface area contributed by atoms with E-state index in [4.69, 9.17) is 4.74 Å². The molecule has 1 amide bonds. The molecule has 3 aromatic rings. The van der Waals surface area contributed by atoms with Gasteiger partial charge in [0.05, 0.1) is 29.2 Å². The molecule has 0 saturated carbocycles. The van der Waals surface area contributed by atoms with Gasteiger partial charge < -0.3 is 14.6 Å². The Hall–Kier alpha value is -2.67. The zero-order valence-corrected chi connectivity index (χ0v) is 15.1. The second kappa shape index (κ2) is 6.92. The Morgan fingerprint density at radius 2 is 2.15 bits per heavy atom. The van der Waals surface area contributed by atoms with E-state index in [1.165, 1.54) is 0 Å². The molecule has 3 heterocycles. The summed E-state index contributed by atoms with van der Waals surface area (Å²) in [4.78, 5) is 17.5. The second-order valence-electron chi connectivity index (χ2n) is 6.71. The summed E-state index contributed by atoms with van der Waals surface area (Å²) < 4.78 is 9.72. The summed E-state index contributed by atoms with van der Waals surface area (Å²) in [6.45, 7) is 1.07. The van der Waals surface area contributed by atoms with Gasteiger partial charge in [-0.05, 0) is 31.0 Å². The molecule has 1 saturated heterocycles. The van der Waals surface area contributed by atoms with E-state index in [0.717, 1.165) is 35.4 Å². The van der Waals surface area contributed by atoms with Crippen molar-refractivity contribution in [3.05, 3.63) is 48.0 Å². The van der Waals surface area contributed by atoms with Crippen molar-refractivity contribution in [2.45, 2.75) is 25.5 Å². The largest absolute Gasteiger partial charge is 0.371 e. The molecule has 1 aliphatic rings. The molecule has 0 radical (unpaired) electrons. The van der Waals surface area contributed by atoms with Crippen LogP contribution in [0.2, 0.25) is 0 Å². The van der Waals surface area contributed by atoms with Gasteiger partial charge in [-0.1, -0.05) is 12.1 Å². The van der Waals surface area contributed by atoms with E-state index >= 15 is 0 Å². The summed E-state index contributed by atoms with van der Waals surface area (Å²) >= 11 is 0. The topological polar surface area (TPSA) is 74.0 Å². The summed E-state index contributed by atoms with van der Waals surface area (Å²) in [5.74, 6) is 0.630. The van der Waals surface area contributed by atoms with Crippen molar-refractivity contribution in [3.8, 4) is 0 Å². The Bertz CT molecular complexity index is 929. The third-order valence-corrected chi connectivity index (χ3v) is 5.11. The molecule has 0 unspecified atom stereocenters. The lowest BCUT2D eigenvalue weighted by atomic mass is 9.91. The van der Waals surface area contributed by atoms with E-state index in [1.54, 1.807) is 10.9 Å². The molecule has 0 spiro atoms. The van der Waals surface area contributed by atoms with Gasteiger partial charge in [0.2, 0.25) is 5.91 Å². The number of benzene rings is 1. The first-order chi connectivity index (χ1) is 12.6. The molecule has 7 nitrogen and oxygen atoms in total. The lowest BCUT2D eigenvalue weighted by Gasteiger charge is -2.30. The normalized spacial score (nSPS) is 20.4. The van der Waals surface area contributed by atoms with Gasteiger partial charge in [0.15, 0.2) is 0 Å². The number of hydrogen-bond acceptors (Lipinski definition) is 4. The van der Waals surface area contributed by atoms with Gasteiger partial charge in [-0.2, -0.15) is 5.10 Å². The number of hydrogen-bond donors (Lipinski definition) is 1. The first-order valence-electron chi connectivity index (χ1n) is 8.92. The summed E-state index contributed by atoms with van der Waals surface area (Å²) in [7, 11) is 3.85. The number of nitrogens with zero attached hydrogens (tertiary/aromatic N) is 4. The number of aryl methyl sites for hydroxylation is 2. The van der Waals surface area contributed by atoms with E-state index in [2.05, 4.69) is 15.4 Å². The van der Waals surface area contributed by atoms with E-state index in [-0.39, 0.29) is 17.9 Å². The predicted molar refractivity (Wildman–Crippen MR) is 97.2 cm³/mol. The highest BCUT2D eigenvalue weighted by atomic mass is 16.5. The number of carbonyl (C=O) groups excluding carboxylic acids is 1. The average Bonchev–Trinajstić information content (AvgIpc) is 3.23. The molecule has 2 aromatic heterocycles. The Balaban J connectivity index is 1.49. The minimum atomic E-state index is -0.253. The number of para-hydroxylation sites is 2. The Morgan fingerprint density at radius 3 is 2.92 bits per heavy atom. The molecule has 2 atom stereocenters. The Kier molecular flexibility index (Phi) is 4.46. The van der Waals surface area contributed by atoms with Crippen LogP contribution in [0.3, 0.4) is 0 Å². The number of imidazole rings is 1. The van der Waals surface area contributed by atoms with Crippen molar-refractivity contribution in [2.75, 3.05) is 6.61 Å². The predicted octanol–water partition coefficient (Wildman–Crippen LogP) is 2.09. The lowest BCUT2D eigenvalue weighted by molar-refractivity contribution is -0.135. The van der Waals surface area contributed by atoms with Crippen molar-refractivity contribution in [2.24, 2.45) is 20.0 Å². The maximum atomic E-state index is 12.9. The summed E-state index contributed by atoms with van der Waals surface area (Å²) in [5.41, 5.74) is 2.94. The van der Waals surface area contributed by atoms with Crippen LogP contribution in [0.25, 0.3) is 11.0 Å². The van der Waals surface area contributed by atoms with Crippen LogP contribution in [0.4, 0.5) is 0 Å². The third-order valence-electron chi connectivity index (χ3n) is 5.11. The van der Waals surface area contributed by atoms with Crippen LogP contribution in [-0.4, -0.2) is 31.8 Å². The van der Waals surface area contributed by atoms with Gasteiger partial charge >= 0.3 is 0 Å². The summed E-state index contributed by atoms with van der Waals surface area (Å²) in [6.07, 6.45) is 3.18. The van der Waals surface area contributed by atoms with E-state index in [0.29, 0.717) is 13.2 Å².